The van der Waals surface area contributed by atoms with E-state index < -0.39 is 0 Å². The first-order valence-electron chi connectivity index (χ1n) is 4.70. The SMILES string of the molecule is CCC(C)[C@H](C)C(CC)OC. The van der Waals surface area contributed by atoms with E-state index in [9.17, 15) is 0 Å². The summed E-state index contributed by atoms with van der Waals surface area (Å²) < 4.78 is 5.38. The molecule has 0 rings (SSSR count). The lowest BCUT2D eigenvalue weighted by atomic mass is 9.88. The van der Waals surface area contributed by atoms with Gasteiger partial charge in [0.2, 0.25) is 0 Å². The van der Waals surface area contributed by atoms with E-state index in [1.807, 2.05) is 7.11 Å². The Morgan fingerprint density at radius 1 is 1.09 bits per heavy atom. The molecule has 0 fully saturated rings. The topological polar surface area (TPSA) is 9.23 Å². The molecule has 68 valence electrons. The van der Waals surface area contributed by atoms with Crippen LogP contribution in [0.4, 0.5) is 0 Å². The first kappa shape index (κ1) is 11.0. The molecule has 0 aromatic carbocycles. The van der Waals surface area contributed by atoms with Gasteiger partial charge in [0.15, 0.2) is 0 Å². The second-order valence-corrected chi connectivity index (χ2v) is 3.43. The van der Waals surface area contributed by atoms with Crippen molar-refractivity contribution in [3.63, 3.8) is 0 Å². The standard InChI is InChI=1S/C10H22O/c1-6-8(3)9(4)10(7-2)11-5/h8-10H,6-7H2,1-5H3/t8?,9-,10?/m0/s1. The Morgan fingerprint density at radius 2 is 1.64 bits per heavy atom. The molecule has 0 saturated carbocycles. The van der Waals surface area contributed by atoms with Gasteiger partial charge in [0.05, 0.1) is 6.10 Å². The highest BCUT2D eigenvalue weighted by atomic mass is 16.5. The van der Waals surface area contributed by atoms with Crippen LogP contribution in [0.5, 0.6) is 0 Å². The van der Waals surface area contributed by atoms with Crippen molar-refractivity contribution in [2.45, 2.75) is 46.6 Å². The normalized spacial score (nSPS) is 19.4. The zero-order valence-corrected chi connectivity index (χ0v) is 8.55. The molecular weight excluding hydrogens is 136 g/mol. The van der Waals surface area contributed by atoms with Crippen LogP contribution in [-0.2, 0) is 4.74 Å². The zero-order valence-electron chi connectivity index (χ0n) is 8.55. The highest BCUT2D eigenvalue weighted by molar-refractivity contribution is 4.69. The number of hydrogen-bond acceptors (Lipinski definition) is 1. The molecule has 0 aliphatic carbocycles. The molecule has 0 amide bonds. The lowest BCUT2D eigenvalue weighted by molar-refractivity contribution is 0.0345. The van der Waals surface area contributed by atoms with Crippen molar-refractivity contribution in [1.29, 1.82) is 0 Å². The maximum absolute atomic E-state index is 5.38. The van der Waals surface area contributed by atoms with Crippen molar-refractivity contribution in [2.24, 2.45) is 11.8 Å². The number of ether oxygens (including phenoxy) is 1. The number of hydrogen-bond donors (Lipinski definition) is 0. The van der Waals surface area contributed by atoms with Crippen LogP contribution in [-0.4, -0.2) is 13.2 Å². The smallest absolute Gasteiger partial charge is 0.0596 e. The highest BCUT2D eigenvalue weighted by Gasteiger charge is 2.19. The van der Waals surface area contributed by atoms with Gasteiger partial charge >= 0.3 is 0 Å². The minimum Gasteiger partial charge on any atom is -0.381 e. The molecule has 0 N–H and O–H groups in total. The fourth-order valence-electron chi connectivity index (χ4n) is 1.49. The molecule has 0 saturated heterocycles. The highest BCUT2D eigenvalue weighted by Crippen LogP contribution is 2.21. The minimum absolute atomic E-state index is 0.449. The molecule has 0 aromatic rings. The van der Waals surface area contributed by atoms with Gasteiger partial charge in [-0.15, -0.1) is 0 Å². The molecule has 0 aliphatic rings. The third-order valence-electron chi connectivity index (χ3n) is 2.83. The molecule has 2 unspecified atom stereocenters. The maximum Gasteiger partial charge on any atom is 0.0596 e. The molecule has 1 heteroatoms. The minimum atomic E-state index is 0.449. The monoisotopic (exact) mass is 158 g/mol. The fourth-order valence-corrected chi connectivity index (χ4v) is 1.49. The fraction of sp³-hybridized carbons (Fsp3) is 1.00. The van der Waals surface area contributed by atoms with Crippen LogP contribution in [0.3, 0.4) is 0 Å². The Hall–Kier alpha value is -0.0400. The Balaban J connectivity index is 3.86. The van der Waals surface area contributed by atoms with Gasteiger partial charge in [-0.05, 0) is 18.3 Å². The third-order valence-corrected chi connectivity index (χ3v) is 2.83. The summed E-state index contributed by atoms with van der Waals surface area (Å²) >= 11 is 0. The van der Waals surface area contributed by atoms with Crippen LogP contribution in [0.2, 0.25) is 0 Å². The summed E-state index contributed by atoms with van der Waals surface area (Å²) in [6.07, 6.45) is 2.83. The molecule has 0 aromatic heterocycles. The van der Waals surface area contributed by atoms with E-state index >= 15 is 0 Å². The predicted octanol–water partition coefficient (Wildman–Crippen LogP) is 3.09. The van der Waals surface area contributed by atoms with Gasteiger partial charge in [-0.3, -0.25) is 0 Å². The van der Waals surface area contributed by atoms with Gasteiger partial charge in [-0.25, -0.2) is 0 Å². The van der Waals surface area contributed by atoms with Gasteiger partial charge in [0.25, 0.3) is 0 Å². The van der Waals surface area contributed by atoms with Gasteiger partial charge < -0.3 is 4.74 Å². The van der Waals surface area contributed by atoms with E-state index in [-0.39, 0.29) is 0 Å². The lowest BCUT2D eigenvalue weighted by Gasteiger charge is -2.26. The average molecular weight is 158 g/mol. The summed E-state index contributed by atoms with van der Waals surface area (Å²) in [5.41, 5.74) is 0. The van der Waals surface area contributed by atoms with E-state index in [1.54, 1.807) is 0 Å². The lowest BCUT2D eigenvalue weighted by Crippen LogP contribution is -2.24. The summed E-state index contributed by atoms with van der Waals surface area (Å²) in [5, 5.41) is 0. The van der Waals surface area contributed by atoms with Crippen LogP contribution >= 0.6 is 0 Å². The van der Waals surface area contributed by atoms with E-state index in [4.69, 9.17) is 4.74 Å². The summed E-state index contributed by atoms with van der Waals surface area (Å²) in [5.74, 6) is 1.47. The van der Waals surface area contributed by atoms with Crippen molar-refractivity contribution in [2.75, 3.05) is 7.11 Å². The van der Waals surface area contributed by atoms with Crippen LogP contribution in [0, 0.1) is 11.8 Å². The molecular formula is C10H22O. The van der Waals surface area contributed by atoms with Crippen LogP contribution in [0.1, 0.15) is 40.5 Å². The van der Waals surface area contributed by atoms with Gasteiger partial charge in [-0.1, -0.05) is 34.1 Å². The molecule has 3 atom stereocenters. The summed E-state index contributed by atoms with van der Waals surface area (Å²) in [4.78, 5) is 0. The van der Waals surface area contributed by atoms with Crippen LogP contribution in [0.15, 0.2) is 0 Å². The second kappa shape index (κ2) is 5.59. The van der Waals surface area contributed by atoms with E-state index in [0.717, 1.165) is 12.3 Å². The Morgan fingerprint density at radius 3 is 1.91 bits per heavy atom. The Bertz CT molecular complexity index is 86.9. The van der Waals surface area contributed by atoms with Crippen molar-refractivity contribution in [3.8, 4) is 0 Å². The van der Waals surface area contributed by atoms with Crippen molar-refractivity contribution in [3.05, 3.63) is 0 Å². The Kier molecular flexibility index (Phi) is 5.57. The molecule has 0 spiro atoms. The second-order valence-electron chi connectivity index (χ2n) is 3.43. The summed E-state index contributed by atoms with van der Waals surface area (Å²) in [6, 6.07) is 0. The molecule has 0 aliphatic heterocycles. The van der Waals surface area contributed by atoms with Gasteiger partial charge in [0.1, 0.15) is 0 Å². The number of rotatable bonds is 5. The number of methoxy groups -OCH3 is 1. The molecule has 0 heterocycles. The zero-order chi connectivity index (χ0) is 8.85. The third kappa shape index (κ3) is 3.24. The molecule has 1 nitrogen and oxygen atoms in total. The Labute approximate surface area is 71.1 Å². The van der Waals surface area contributed by atoms with Gasteiger partial charge in [-0.2, -0.15) is 0 Å². The van der Waals surface area contributed by atoms with Crippen molar-refractivity contribution in [1.82, 2.24) is 0 Å². The van der Waals surface area contributed by atoms with Crippen molar-refractivity contribution < 1.29 is 4.74 Å². The largest absolute Gasteiger partial charge is 0.381 e. The molecule has 11 heavy (non-hydrogen) atoms. The quantitative estimate of drug-likeness (QED) is 0.597. The summed E-state index contributed by atoms with van der Waals surface area (Å²) in [7, 11) is 1.81. The summed E-state index contributed by atoms with van der Waals surface area (Å²) in [6.45, 7) is 9.01. The molecule has 0 radical (unpaired) electrons. The van der Waals surface area contributed by atoms with Crippen LogP contribution in [0.25, 0.3) is 0 Å². The maximum atomic E-state index is 5.38. The average Bonchev–Trinajstić information content (AvgIpc) is 2.05. The van der Waals surface area contributed by atoms with E-state index in [2.05, 4.69) is 27.7 Å². The predicted molar refractivity (Wildman–Crippen MR) is 49.7 cm³/mol. The molecule has 0 bridgehead atoms. The first-order chi connectivity index (χ1) is 5.17. The van der Waals surface area contributed by atoms with Crippen LogP contribution < -0.4 is 0 Å². The van der Waals surface area contributed by atoms with Gasteiger partial charge in [0, 0.05) is 7.11 Å². The van der Waals surface area contributed by atoms with E-state index in [0.29, 0.717) is 12.0 Å². The van der Waals surface area contributed by atoms with Crippen molar-refractivity contribution >= 4 is 0 Å². The van der Waals surface area contributed by atoms with E-state index in [1.165, 1.54) is 6.42 Å². The first-order valence-corrected chi connectivity index (χ1v) is 4.70.